The number of anilines is 1. The normalized spacial score (nSPS) is 17.5. The predicted octanol–water partition coefficient (Wildman–Crippen LogP) is 3.38. The number of rotatable bonds is 10. The maximum atomic E-state index is 13.5. The van der Waals surface area contributed by atoms with Crippen LogP contribution in [0.15, 0.2) is 30.6 Å². The molecule has 1 saturated heterocycles. The third-order valence-electron chi connectivity index (χ3n) is 6.26. The molecule has 2 aromatic heterocycles. The van der Waals surface area contributed by atoms with E-state index in [1.165, 1.54) is 26.6 Å². The molecule has 0 bridgehead atoms. The second-order valence-electron chi connectivity index (χ2n) is 8.53. The Morgan fingerprint density at radius 2 is 1.83 bits per heavy atom. The monoisotopic (exact) mass is 536 g/mol. The van der Waals surface area contributed by atoms with Crippen molar-refractivity contribution in [1.29, 1.82) is 0 Å². The lowest BCUT2D eigenvalue weighted by Gasteiger charge is -2.21. The number of para-hydroxylation sites is 1. The molecule has 1 aromatic carbocycles. The molecule has 4 rings (SSSR count). The van der Waals surface area contributed by atoms with E-state index in [9.17, 15) is 8.42 Å². The zero-order valence-electron chi connectivity index (χ0n) is 20.5. The van der Waals surface area contributed by atoms with Crippen LogP contribution in [0.5, 0.6) is 11.5 Å². The first kappa shape index (κ1) is 26.1. The van der Waals surface area contributed by atoms with Crippen LogP contribution in [-0.4, -0.2) is 65.3 Å². The molecule has 1 aliphatic rings. The molecule has 3 aromatic rings. The second kappa shape index (κ2) is 11.0. The molecular formula is C23H29ClN6O5S. The van der Waals surface area contributed by atoms with Crippen LogP contribution in [0, 0.1) is 0 Å². The Bertz CT molecular complexity index is 1270. The highest BCUT2D eigenvalue weighted by molar-refractivity contribution is 7.93. The van der Waals surface area contributed by atoms with Gasteiger partial charge in [0, 0.05) is 31.3 Å². The van der Waals surface area contributed by atoms with Crippen LogP contribution in [0.4, 0.5) is 5.95 Å². The van der Waals surface area contributed by atoms with Gasteiger partial charge in [0.1, 0.15) is 28.8 Å². The number of nitrogens with one attached hydrogen (secondary N) is 1. The van der Waals surface area contributed by atoms with Crippen molar-refractivity contribution >= 4 is 27.6 Å². The molecular weight excluding hydrogens is 508 g/mol. The molecule has 3 atom stereocenters. The quantitative estimate of drug-likeness (QED) is 0.414. The fourth-order valence-electron chi connectivity index (χ4n) is 4.07. The number of benzene rings is 1. The summed E-state index contributed by atoms with van der Waals surface area (Å²) in [5, 5.41) is 8.00. The molecule has 11 nitrogen and oxygen atoms in total. The van der Waals surface area contributed by atoms with Crippen molar-refractivity contribution in [2.45, 2.75) is 50.4 Å². The third-order valence-corrected chi connectivity index (χ3v) is 8.31. The van der Waals surface area contributed by atoms with Crippen molar-refractivity contribution in [1.82, 2.24) is 24.7 Å². The van der Waals surface area contributed by atoms with E-state index in [0.29, 0.717) is 46.9 Å². The number of nitrogens with zero attached hydrogens (tertiary/aromatic N) is 5. The molecule has 194 valence electrons. The lowest BCUT2D eigenvalue weighted by atomic mass is 10.1. The molecule has 0 radical (unpaired) electrons. The molecule has 36 heavy (non-hydrogen) atoms. The minimum atomic E-state index is -3.95. The van der Waals surface area contributed by atoms with E-state index in [4.69, 9.17) is 25.8 Å². The van der Waals surface area contributed by atoms with E-state index in [2.05, 4.69) is 24.9 Å². The van der Waals surface area contributed by atoms with Gasteiger partial charge in [-0.25, -0.2) is 18.4 Å². The highest BCUT2D eigenvalue weighted by Gasteiger charge is 2.33. The number of halogens is 1. The number of hydrogen-bond donors (Lipinski definition) is 1. The maximum absolute atomic E-state index is 13.5. The van der Waals surface area contributed by atoms with Crippen molar-refractivity contribution in [3.8, 4) is 17.2 Å². The molecule has 0 spiro atoms. The first-order valence-corrected chi connectivity index (χ1v) is 13.4. The number of sulfonamides is 1. The summed E-state index contributed by atoms with van der Waals surface area (Å²) in [6, 6.07) is 5.30. The number of methoxy groups -OCH3 is 2. The van der Waals surface area contributed by atoms with Gasteiger partial charge in [0.25, 0.3) is 0 Å². The molecule has 3 heterocycles. The van der Waals surface area contributed by atoms with Crippen LogP contribution < -0.4 is 14.2 Å². The summed E-state index contributed by atoms with van der Waals surface area (Å²) >= 11 is 5.88. The van der Waals surface area contributed by atoms with Gasteiger partial charge < -0.3 is 14.2 Å². The van der Waals surface area contributed by atoms with Crippen molar-refractivity contribution < 1.29 is 22.6 Å². The van der Waals surface area contributed by atoms with E-state index in [0.717, 1.165) is 12.8 Å². The van der Waals surface area contributed by atoms with Crippen LogP contribution in [0.25, 0.3) is 5.69 Å². The van der Waals surface area contributed by atoms with Crippen molar-refractivity contribution in [3.63, 3.8) is 0 Å². The van der Waals surface area contributed by atoms with Crippen LogP contribution in [0.2, 0.25) is 5.02 Å². The van der Waals surface area contributed by atoms with Crippen molar-refractivity contribution in [2.75, 3.05) is 25.5 Å². The number of aromatic nitrogens is 5. The average Bonchev–Trinajstić information content (AvgIpc) is 3.53. The topological polar surface area (TPSA) is 130 Å². The van der Waals surface area contributed by atoms with Crippen LogP contribution >= 0.6 is 11.6 Å². The van der Waals surface area contributed by atoms with E-state index in [-0.39, 0.29) is 12.1 Å². The van der Waals surface area contributed by atoms with Crippen LogP contribution in [-0.2, 0) is 21.2 Å². The molecule has 1 aliphatic heterocycles. The lowest BCUT2D eigenvalue weighted by molar-refractivity contribution is 0.109. The molecule has 0 aliphatic carbocycles. The summed E-state index contributed by atoms with van der Waals surface area (Å²) < 4.78 is 48.1. The molecule has 1 N–H and O–H groups in total. The van der Waals surface area contributed by atoms with Crippen LogP contribution in [0.1, 0.15) is 44.3 Å². The van der Waals surface area contributed by atoms with E-state index < -0.39 is 21.2 Å². The zero-order chi connectivity index (χ0) is 25.9. The second-order valence-corrected chi connectivity index (χ2v) is 11.0. The molecule has 13 heteroatoms. The minimum absolute atomic E-state index is 0.0156. The fourth-order valence-corrected chi connectivity index (χ4v) is 5.40. The highest BCUT2D eigenvalue weighted by Crippen LogP contribution is 2.36. The average molecular weight is 537 g/mol. The Kier molecular flexibility index (Phi) is 7.96. The molecule has 0 unspecified atom stereocenters. The number of hydrogen-bond acceptors (Lipinski definition) is 9. The summed E-state index contributed by atoms with van der Waals surface area (Å²) in [7, 11) is -0.894. The van der Waals surface area contributed by atoms with Crippen molar-refractivity contribution in [2.24, 2.45) is 0 Å². The van der Waals surface area contributed by atoms with Gasteiger partial charge in [0.15, 0.2) is 0 Å². The summed E-state index contributed by atoms with van der Waals surface area (Å²) in [5.74, 6) is 1.32. The highest BCUT2D eigenvalue weighted by atomic mass is 35.5. The van der Waals surface area contributed by atoms with E-state index in [1.807, 2.05) is 0 Å². The smallest absolute Gasteiger partial charge is 0.243 e. The first-order valence-electron chi connectivity index (χ1n) is 11.5. The Balaban J connectivity index is 1.73. The van der Waals surface area contributed by atoms with Gasteiger partial charge in [-0.15, -0.1) is 10.2 Å². The minimum Gasteiger partial charge on any atom is -0.494 e. The Hall–Kier alpha value is -2.96. The van der Waals surface area contributed by atoms with Gasteiger partial charge in [0.2, 0.25) is 16.0 Å². The Labute approximate surface area is 215 Å². The van der Waals surface area contributed by atoms with E-state index >= 15 is 0 Å². The third kappa shape index (κ3) is 5.40. The van der Waals surface area contributed by atoms with Crippen molar-refractivity contribution in [3.05, 3.63) is 47.3 Å². The number of ether oxygens (including phenoxy) is 3. The predicted molar refractivity (Wildman–Crippen MR) is 135 cm³/mol. The summed E-state index contributed by atoms with van der Waals surface area (Å²) in [5.41, 5.74) is 0.486. The summed E-state index contributed by atoms with van der Waals surface area (Å²) in [6.07, 6.45) is 5.12. The van der Waals surface area contributed by atoms with Gasteiger partial charge in [-0.3, -0.25) is 9.29 Å². The van der Waals surface area contributed by atoms with Gasteiger partial charge in [0.05, 0.1) is 30.6 Å². The Morgan fingerprint density at radius 3 is 2.42 bits per heavy atom. The fraction of sp³-hybridized carbons (Fsp3) is 0.478. The molecule has 0 amide bonds. The maximum Gasteiger partial charge on any atom is 0.243 e. The van der Waals surface area contributed by atoms with Gasteiger partial charge in [-0.1, -0.05) is 24.6 Å². The summed E-state index contributed by atoms with van der Waals surface area (Å²) in [6.45, 7) is 4.01. The molecule has 1 fully saturated rings. The van der Waals surface area contributed by atoms with E-state index in [1.54, 1.807) is 36.6 Å². The lowest BCUT2D eigenvalue weighted by Crippen LogP contribution is -2.31. The van der Waals surface area contributed by atoms with Gasteiger partial charge in [-0.05, 0) is 31.9 Å². The first-order chi connectivity index (χ1) is 17.2. The standard InChI is InChI=1S/C23H29ClN6O5S/c1-14(22-25-12-16(24)13-26-22)15(2)36(31,32)29-23-28-27-20(11-17-7-6-10-35-17)30(23)21-18(33-3)8-5-9-19(21)34-4/h5,8-9,12-15,17H,6-7,10-11H2,1-4H3,(H,28,29)/t14-,15-,17+/m0/s1. The Morgan fingerprint density at radius 1 is 1.17 bits per heavy atom. The SMILES string of the molecule is COc1cccc(OC)c1-n1c(C[C@H]2CCCO2)nnc1NS(=O)(=O)[C@@H](C)[C@H](C)c1ncc(Cl)cn1. The van der Waals surface area contributed by atoms with Crippen LogP contribution in [0.3, 0.4) is 0 Å². The molecule has 0 saturated carbocycles. The largest absolute Gasteiger partial charge is 0.494 e. The van der Waals surface area contributed by atoms with Gasteiger partial charge in [-0.2, -0.15) is 0 Å². The summed E-state index contributed by atoms with van der Waals surface area (Å²) in [4.78, 5) is 8.35. The van der Waals surface area contributed by atoms with Gasteiger partial charge >= 0.3 is 0 Å². The zero-order valence-corrected chi connectivity index (χ0v) is 22.1.